The van der Waals surface area contributed by atoms with Gasteiger partial charge < -0.3 is 10.5 Å². The van der Waals surface area contributed by atoms with Gasteiger partial charge in [0.25, 0.3) is 0 Å². The van der Waals surface area contributed by atoms with Crippen molar-refractivity contribution in [2.75, 3.05) is 19.7 Å². The average molecular weight is 280 g/mol. The van der Waals surface area contributed by atoms with E-state index in [0.717, 1.165) is 56.6 Å². The van der Waals surface area contributed by atoms with E-state index in [1.54, 1.807) is 12.1 Å². The summed E-state index contributed by atoms with van der Waals surface area (Å²) < 4.78 is 19.2. The van der Waals surface area contributed by atoms with Crippen LogP contribution in [-0.2, 0) is 17.8 Å². The lowest BCUT2D eigenvalue weighted by Gasteiger charge is -2.33. The Kier molecular flexibility index (Phi) is 5.95. The van der Waals surface area contributed by atoms with Crippen molar-refractivity contribution in [2.24, 2.45) is 5.73 Å². The van der Waals surface area contributed by atoms with Crippen LogP contribution in [0, 0.1) is 5.82 Å². The van der Waals surface area contributed by atoms with Crippen molar-refractivity contribution in [1.82, 2.24) is 4.90 Å². The summed E-state index contributed by atoms with van der Waals surface area (Å²) in [5, 5.41) is 0. The first-order valence-corrected chi connectivity index (χ1v) is 7.54. The summed E-state index contributed by atoms with van der Waals surface area (Å²) in [7, 11) is 0. The molecule has 20 heavy (non-hydrogen) atoms. The molecule has 0 saturated carbocycles. The molecule has 0 spiro atoms. The minimum atomic E-state index is -0.187. The van der Waals surface area contributed by atoms with Crippen LogP contribution in [-0.4, -0.2) is 30.7 Å². The van der Waals surface area contributed by atoms with Gasteiger partial charge in [-0.15, -0.1) is 0 Å². The second-order valence-electron chi connectivity index (χ2n) is 5.49. The largest absolute Gasteiger partial charge is 0.377 e. The van der Waals surface area contributed by atoms with Gasteiger partial charge in [0.15, 0.2) is 0 Å². The van der Waals surface area contributed by atoms with E-state index < -0.39 is 0 Å². The number of rotatable bonds is 6. The Morgan fingerprint density at radius 2 is 2.25 bits per heavy atom. The normalized spacial score (nSPS) is 20.2. The molecular weight excluding hydrogens is 255 g/mol. The van der Waals surface area contributed by atoms with Crippen LogP contribution in [0.3, 0.4) is 0 Å². The fourth-order valence-electron chi connectivity index (χ4n) is 2.76. The molecule has 1 unspecified atom stereocenters. The van der Waals surface area contributed by atoms with Crippen LogP contribution in [0.25, 0.3) is 0 Å². The second-order valence-corrected chi connectivity index (χ2v) is 5.49. The quantitative estimate of drug-likeness (QED) is 0.870. The maximum atomic E-state index is 13.4. The first-order valence-electron chi connectivity index (χ1n) is 7.54. The summed E-state index contributed by atoms with van der Waals surface area (Å²) in [6.45, 7) is 6.15. The second kappa shape index (κ2) is 7.72. The molecule has 3 nitrogen and oxygen atoms in total. The minimum absolute atomic E-state index is 0.187. The van der Waals surface area contributed by atoms with Gasteiger partial charge >= 0.3 is 0 Å². The number of nitrogens with two attached hydrogens (primary N) is 1. The molecule has 0 amide bonds. The summed E-state index contributed by atoms with van der Waals surface area (Å²) in [4.78, 5) is 2.34. The number of halogens is 1. The van der Waals surface area contributed by atoms with Crippen LogP contribution in [0.15, 0.2) is 18.2 Å². The fraction of sp³-hybridized carbons (Fsp3) is 0.625. The summed E-state index contributed by atoms with van der Waals surface area (Å²) in [6.07, 6.45) is 3.64. The molecule has 0 bridgehead atoms. The molecular formula is C16H25FN2O. The summed E-state index contributed by atoms with van der Waals surface area (Å²) in [6, 6.07) is 4.88. The zero-order valence-corrected chi connectivity index (χ0v) is 12.3. The minimum Gasteiger partial charge on any atom is -0.377 e. The predicted molar refractivity (Wildman–Crippen MR) is 78.8 cm³/mol. The Balaban J connectivity index is 1.97. The van der Waals surface area contributed by atoms with Gasteiger partial charge in [0, 0.05) is 26.2 Å². The summed E-state index contributed by atoms with van der Waals surface area (Å²) in [5.41, 5.74) is 7.77. The molecule has 1 aliphatic heterocycles. The number of benzene rings is 1. The van der Waals surface area contributed by atoms with Gasteiger partial charge in [-0.1, -0.05) is 13.0 Å². The van der Waals surface area contributed by atoms with E-state index in [0.29, 0.717) is 12.6 Å². The summed E-state index contributed by atoms with van der Waals surface area (Å²) >= 11 is 0. The topological polar surface area (TPSA) is 38.5 Å². The smallest absolute Gasteiger partial charge is 0.123 e. The van der Waals surface area contributed by atoms with E-state index in [9.17, 15) is 4.39 Å². The average Bonchev–Trinajstić information content (AvgIpc) is 2.46. The first-order chi connectivity index (χ1) is 9.72. The van der Waals surface area contributed by atoms with E-state index in [1.807, 2.05) is 0 Å². The van der Waals surface area contributed by atoms with Crippen LogP contribution >= 0.6 is 0 Å². The lowest BCUT2D eigenvalue weighted by molar-refractivity contribution is -0.00230. The van der Waals surface area contributed by atoms with Crippen molar-refractivity contribution in [1.29, 1.82) is 0 Å². The lowest BCUT2D eigenvalue weighted by atomic mass is 10.0. The Hall–Kier alpha value is -0.970. The van der Waals surface area contributed by atoms with Crippen LogP contribution in [0.1, 0.15) is 37.3 Å². The number of piperidine rings is 1. The predicted octanol–water partition coefficient (Wildman–Crippen LogP) is 2.68. The van der Waals surface area contributed by atoms with Crippen molar-refractivity contribution in [3.8, 4) is 0 Å². The molecule has 1 aromatic rings. The fourth-order valence-corrected chi connectivity index (χ4v) is 2.76. The molecule has 1 aliphatic rings. The highest BCUT2D eigenvalue weighted by Crippen LogP contribution is 2.19. The molecule has 2 rings (SSSR count). The van der Waals surface area contributed by atoms with E-state index in [2.05, 4.69) is 11.8 Å². The zero-order chi connectivity index (χ0) is 14.4. The molecule has 1 heterocycles. The third kappa shape index (κ3) is 4.27. The van der Waals surface area contributed by atoms with Gasteiger partial charge in [-0.3, -0.25) is 4.90 Å². The number of ether oxygens (including phenoxy) is 1. The van der Waals surface area contributed by atoms with Gasteiger partial charge in [0.1, 0.15) is 5.82 Å². The standard InChI is InChI=1S/C16H25FN2O/c1-2-8-20-16-4-3-7-19(12-16)11-14-9-15(17)6-5-13(14)10-18/h5-6,9,16H,2-4,7-8,10-12,18H2,1H3. The molecule has 1 fully saturated rings. The van der Waals surface area contributed by atoms with Crippen molar-refractivity contribution in [3.63, 3.8) is 0 Å². The van der Waals surface area contributed by atoms with Crippen molar-refractivity contribution >= 4 is 0 Å². The highest BCUT2D eigenvalue weighted by atomic mass is 19.1. The Labute approximate surface area is 120 Å². The van der Waals surface area contributed by atoms with Gasteiger partial charge in [-0.25, -0.2) is 4.39 Å². The van der Waals surface area contributed by atoms with E-state index in [-0.39, 0.29) is 5.82 Å². The highest BCUT2D eigenvalue weighted by Gasteiger charge is 2.20. The third-order valence-electron chi connectivity index (χ3n) is 3.80. The molecule has 1 saturated heterocycles. The zero-order valence-electron chi connectivity index (χ0n) is 12.3. The van der Waals surface area contributed by atoms with E-state index in [4.69, 9.17) is 10.5 Å². The Bertz CT molecular complexity index is 425. The molecule has 0 aromatic heterocycles. The number of likely N-dealkylation sites (tertiary alicyclic amines) is 1. The molecule has 1 atom stereocenters. The van der Waals surface area contributed by atoms with Crippen molar-refractivity contribution < 1.29 is 9.13 Å². The third-order valence-corrected chi connectivity index (χ3v) is 3.80. The molecule has 2 N–H and O–H groups in total. The lowest BCUT2D eigenvalue weighted by Crippen LogP contribution is -2.39. The molecule has 1 aromatic carbocycles. The first kappa shape index (κ1) is 15.4. The molecule has 112 valence electrons. The van der Waals surface area contributed by atoms with Crippen LogP contribution in [0.2, 0.25) is 0 Å². The Morgan fingerprint density at radius 1 is 1.40 bits per heavy atom. The van der Waals surface area contributed by atoms with Crippen LogP contribution < -0.4 is 5.73 Å². The SMILES string of the molecule is CCCOC1CCCN(Cc2cc(F)ccc2CN)C1. The highest BCUT2D eigenvalue weighted by molar-refractivity contribution is 5.27. The van der Waals surface area contributed by atoms with E-state index in [1.165, 1.54) is 6.07 Å². The Morgan fingerprint density at radius 3 is 3.00 bits per heavy atom. The van der Waals surface area contributed by atoms with Gasteiger partial charge in [-0.05, 0) is 49.1 Å². The van der Waals surface area contributed by atoms with Crippen LogP contribution in [0.4, 0.5) is 4.39 Å². The van der Waals surface area contributed by atoms with Crippen LogP contribution in [0.5, 0.6) is 0 Å². The summed E-state index contributed by atoms with van der Waals surface area (Å²) in [5.74, 6) is -0.187. The molecule has 0 radical (unpaired) electrons. The molecule has 0 aliphatic carbocycles. The van der Waals surface area contributed by atoms with Gasteiger partial charge in [0.2, 0.25) is 0 Å². The van der Waals surface area contributed by atoms with Gasteiger partial charge in [0.05, 0.1) is 6.10 Å². The number of hydrogen-bond donors (Lipinski definition) is 1. The van der Waals surface area contributed by atoms with Crippen molar-refractivity contribution in [2.45, 2.75) is 45.4 Å². The van der Waals surface area contributed by atoms with E-state index >= 15 is 0 Å². The number of hydrogen-bond acceptors (Lipinski definition) is 3. The monoisotopic (exact) mass is 280 g/mol. The van der Waals surface area contributed by atoms with Gasteiger partial charge in [-0.2, -0.15) is 0 Å². The number of nitrogens with zero attached hydrogens (tertiary/aromatic N) is 1. The maximum Gasteiger partial charge on any atom is 0.123 e. The van der Waals surface area contributed by atoms with Crippen molar-refractivity contribution in [3.05, 3.63) is 35.1 Å². The molecule has 4 heteroatoms. The maximum absolute atomic E-state index is 13.4.